The summed E-state index contributed by atoms with van der Waals surface area (Å²) in [7, 11) is 0. The Bertz CT molecular complexity index is 536. The lowest BCUT2D eigenvalue weighted by molar-refractivity contribution is -0.130. The highest BCUT2D eigenvalue weighted by Gasteiger charge is 2.37. The molecule has 2 atom stereocenters. The van der Waals surface area contributed by atoms with Crippen LogP contribution in [0.1, 0.15) is 55.5 Å². The van der Waals surface area contributed by atoms with Gasteiger partial charge in [-0.05, 0) is 44.2 Å². The predicted octanol–water partition coefficient (Wildman–Crippen LogP) is 3.31. The van der Waals surface area contributed by atoms with Crippen molar-refractivity contribution in [3.8, 4) is 0 Å². The van der Waals surface area contributed by atoms with Crippen LogP contribution in [0.15, 0.2) is 18.2 Å². The molecule has 0 aromatic heterocycles. The summed E-state index contributed by atoms with van der Waals surface area (Å²) in [5.41, 5.74) is 3.76. The molecule has 1 saturated carbocycles. The van der Waals surface area contributed by atoms with Crippen LogP contribution >= 0.6 is 0 Å². The van der Waals surface area contributed by atoms with Crippen LogP contribution < -0.4 is 5.32 Å². The number of nitrogens with one attached hydrogen (secondary N) is 1. The average molecular weight is 286 g/mol. The number of aryl methyl sites for hydroxylation is 2. The lowest BCUT2D eigenvalue weighted by Crippen LogP contribution is -2.33. The summed E-state index contributed by atoms with van der Waals surface area (Å²) in [5, 5.41) is 3.47. The van der Waals surface area contributed by atoms with Gasteiger partial charge in [0, 0.05) is 6.54 Å². The van der Waals surface area contributed by atoms with E-state index in [2.05, 4.69) is 42.3 Å². The Morgan fingerprint density at radius 2 is 2.05 bits per heavy atom. The Labute approximate surface area is 127 Å². The van der Waals surface area contributed by atoms with Crippen molar-refractivity contribution in [2.24, 2.45) is 5.92 Å². The first-order chi connectivity index (χ1) is 10.1. The highest BCUT2D eigenvalue weighted by atomic mass is 16.2. The van der Waals surface area contributed by atoms with Crippen molar-refractivity contribution in [1.29, 1.82) is 0 Å². The second kappa shape index (κ2) is 5.80. The molecule has 1 aliphatic heterocycles. The number of rotatable bonds is 4. The standard InChI is InChI=1S/C18H26N2O/c1-12-7-8-13(2)16(11-12)17-19-14(3)18(21)20(17)10-9-15-5-4-6-15/h7-8,11,14-15,17,19H,4-6,9-10H2,1-3H3. The summed E-state index contributed by atoms with van der Waals surface area (Å²) in [6, 6.07) is 6.44. The van der Waals surface area contributed by atoms with Crippen molar-refractivity contribution in [3.05, 3.63) is 34.9 Å². The Morgan fingerprint density at radius 3 is 2.71 bits per heavy atom. The van der Waals surface area contributed by atoms with Gasteiger partial charge in [-0.2, -0.15) is 0 Å². The van der Waals surface area contributed by atoms with Crippen LogP contribution in [0.5, 0.6) is 0 Å². The summed E-state index contributed by atoms with van der Waals surface area (Å²) < 4.78 is 0. The summed E-state index contributed by atoms with van der Waals surface area (Å²) in [6.45, 7) is 7.11. The molecule has 0 spiro atoms. The molecule has 2 unspecified atom stereocenters. The number of amides is 1. The molecule has 1 aliphatic carbocycles. The number of nitrogens with zero attached hydrogens (tertiary/aromatic N) is 1. The van der Waals surface area contributed by atoms with E-state index in [0.29, 0.717) is 0 Å². The maximum atomic E-state index is 12.5. The van der Waals surface area contributed by atoms with Gasteiger partial charge in [-0.25, -0.2) is 0 Å². The minimum atomic E-state index is -0.0729. The number of carbonyl (C=O) groups is 1. The van der Waals surface area contributed by atoms with Crippen molar-refractivity contribution in [3.63, 3.8) is 0 Å². The molecule has 1 N–H and O–H groups in total. The van der Waals surface area contributed by atoms with Gasteiger partial charge in [-0.15, -0.1) is 0 Å². The summed E-state index contributed by atoms with van der Waals surface area (Å²) >= 11 is 0. The minimum Gasteiger partial charge on any atom is -0.322 e. The molecule has 1 aromatic rings. The Morgan fingerprint density at radius 1 is 1.29 bits per heavy atom. The summed E-state index contributed by atoms with van der Waals surface area (Å²) in [4.78, 5) is 14.5. The topological polar surface area (TPSA) is 32.3 Å². The molecule has 2 fully saturated rings. The molecule has 0 bridgehead atoms. The Balaban J connectivity index is 1.80. The third-order valence-electron chi connectivity index (χ3n) is 5.11. The van der Waals surface area contributed by atoms with Crippen molar-refractivity contribution in [1.82, 2.24) is 10.2 Å². The zero-order chi connectivity index (χ0) is 15.0. The lowest BCUT2D eigenvalue weighted by atomic mass is 9.83. The number of carbonyl (C=O) groups excluding carboxylic acids is 1. The first-order valence-electron chi connectivity index (χ1n) is 8.20. The highest BCUT2D eigenvalue weighted by Crippen LogP contribution is 2.33. The lowest BCUT2D eigenvalue weighted by Gasteiger charge is -2.31. The molecule has 3 nitrogen and oxygen atoms in total. The fraction of sp³-hybridized carbons (Fsp3) is 0.611. The van der Waals surface area contributed by atoms with E-state index in [-0.39, 0.29) is 18.1 Å². The maximum absolute atomic E-state index is 12.5. The molecule has 2 aliphatic rings. The second-order valence-electron chi connectivity index (χ2n) is 6.77. The van der Waals surface area contributed by atoms with Gasteiger partial charge >= 0.3 is 0 Å². The van der Waals surface area contributed by atoms with Gasteiger partial charge in [0.2, 0.25) is 5.91 Å². The Kier molecular flexibility index (Phi) is 4.03. The van der Waals surface area contributed by atoms with E-state index in [0.717, 1.165) is 18.9 Å². The van der Waals surface area contributed by atoms with Crippen molar-refractivity contribution >= 4 is 5.91 Å². The highest BCUT2D eigenvalue weighted by molar-refractivity contribution is 5.84. The van der Waals surface area contributed by atoms with Crippen LogP contribution in [0.2, 0.25) is 0 Å². The van der Waals surface area contributed by atoms with E-state index in [1.54, 1.807) is 0 Å². The molecule has 1 amide bonds. The minimum absolute atomic E-state index is 0.0486. The first-order valence-corrected chi connectivity index (χ1v) is 8.20. The molecule has 1 saturated heterocycles. The zero-order valence-corrected chi connectivity index (χ0v) is 13.4. The van der Waals surface area contributed by atoms with Gasteiger partial charge in [0.05, 0.1) is 6.04 Å². The molecular weight excluding hydrogens is 260 g/mol. The monoisotopic (exact) mass is 286 g/mol. The van der Waals surface area contributed by atoms with E-state index in [9.17, 15) is 4.79 Å². The van der Waals surface area contributed by atoms with Gasteiger partial charge < -0.3 is 4.90 Å². The van der Waals surface area contributed by atoms with Crippen LogP contribution in [0.4, 0.5) is 0 Å². The molecule has 1 aromatic carbocycles. The third-order valence-corrected chi connectivity index (χ3v) is 5.11. The van der Waals surface area contributed by atoms with Crippen molar-refractivity contribution < 1.29 is 4.79 Å². The quantitative estimate of drug-likeness (QED) is 0.921. The maximum Gasteiger partial charge on any atom is 0.241 e. The van der Waals surface area contributed by atoms with E-state index in [1.807, 2.05) is 6.92 Å². The van der Waals surface area contributed by atoms with Crippen LogP contribution in [-0.2, 0) is 4.79 Å². The largest absolute Gasteiger partial charge is 0.322 e. The fourth-order valence-electron chi connectivity index (χ4n) is 3.43. The summed E-state index contributed by atoms with van der Waals surface area (Å²) in [6.07, 6.45) is 5.26. The number of hydrogen-bond donors (Lipinski definition) is 1. The van der Waals surface area contributed by atoms with Crippen LogP contribution in [-0.4, -0.2) is 23.4 Å². The molecule has 3 rings (SSSR count). The van der Waals surface area contributed by atoms with E-state index >= 15 is 0 Å². The SMILES string of the molecule is Cc1ccc(C)c(C2NC(C)C(=O)N2CCC2CCC2)c1. The van der Waals surface area contributed by atoms with Crippen LogP contribution in [0.25, 0.3) is 0 Å². The second-order valence-corrected chi connectivity index (χ2v) is 6.77. The van der Waals surface area contributed by atoms with Gasteiger partial charge in [-0.3, -0.25) is 10.1 Å². The molecule has 1 heterocycles. The van der Waals surface area contributed by atoms with Gasteiger partial charge in [0.25, 0.3) is 0 Å². The van der Waals surface area contributed by atoms with Crippen molar-refractivity contribution in [2.45, 2.75) is 58.7 Å². The molecule has 3 heteroatoms. The van der Waals surface area contributed by atoms with Crippen molar-refractivity contribution in [2.75, 3.05) is 6.54 Å². The third kappa shape index (κ3) is 2.84. The van der Waals surface area contributed by atoms with Crippen LogP contribution in [0.3, 0.4) is 0 Å². The average Bonchev–Trinajstić information content (AvgIpc) is 2.68. The summed E-state index contributed by atoms with van der Waals surface area (Å²) in [5.74, 6) is 1.09. The van der Waals surface area contributed by atoms with Crippen LogP contribution in [0, 0.1) is 19.8 Å². The smallest absolute Gasteiger partial charge is 0.241 e. The van der Waals surface area contributed by atoms with Gasteiger partial charge in [0.1, 0.15) is 6.17 Å². The normalized spacial score (nSPS) is 26.2. The molecule has 21 heavy (non-hydrogen) atoms. The zero-order valence-electron chi connectivity index (χ0n) is 13.4. The van der Waals surface area contributed by atoms with E-state index in [4.69, 9.17) is 0 Å². The first kappa shape index (κ1) is 14.6. The van der Waals surface area contributed by atoms with E-state index < -0.39 is 0 Å². The van der Waals surface area contributed by atoms with Gasteiger partial charge in [0.15, 0.2) is 0 Å². The fourth-order valence-corrected chi connectivity index (χ4v) is 3.43. The van der Waals surface area contributed by atoms with Gasteiger partial charge in [-0.1, -0.05) is 43.0 Å². The molecule has 114 valence electrons. The Hall–Kier alpha value is -1.35. The number of benzene rings is 1. The molecular formula is C18H26N2O. The predicted molar refractivity (Wildman–Crippen MR) is 84.9 cm³/mol. The number of hydrogen-bond acceptors (Lipinski definition) is 2. The molecule has 0 radical (unpaired) electrons. The van der Waals surface area contributed by atoms with E-state index in [1.165, 1.54) is 36.0 Å².